The lowest BCUT2D eigenvalue weighted by Gasteiger charge is -2.07. The first-order chi connectivity index (χ1) is 9.93. The van der Waals surface area contributed by atoms with Crippen molar-refractivity contribution in [1.82, 2.24) is 0 Å². The molecular weight excluding hydrogens is 280 g/mol. The summed E-state index contributed by atoms with van der Waals surface area (Å²) in [6.45, 7) is 3.15. The highest BCUT2D eigenvalue weighted by atomic mass is 16.6. The van der Waals surface area contributed by atoms with Crippen molar-refractivity contribution in [2.75, 3.05) is 6.61 Å². The van der Waals surface area contributed by atoms with Crippen LogP contribution in [0.4, 0.5) is 0 Å². The van der Waals surface area contributed by atoms with E-state index in [-0.39, 0.29) is 35.3 Å². The van der Waals surface area contributed by atoms with E-state index in [2.05, 4.69) is 11.3 Å². The fourth-order valence-electron chi connectivity index (χ4n) is 1.90. The smallest absolute Gasteiger partial charge is 0.346 e. The zero-order valence-electron chi connectivity index (χ0n) is 10.8. The number of carbonyl (C=O) groups is 4. The molecule has 7 nitrogen and oxygen atoms in total. The molecule has 7 heteroatoms. The Balaban J connectivity index is 2.32. The highest BCUT2D eigenvalue weighted by Gasteiger charge is 2.32. The summed E-state index contributed by atoms with van der Waals surface area (Å²) in [7, 11) is 0. The lowest BCUT2D eigenvalue weighted by atomic mass is 9.97. The van der Waals surface area contributed by atoms with Gasteiger partial charge in [-0.25, -0.2) is 19.2 Å². The van der Waals surface area contributed by atoms with E-state index in [0.29, 0.717) is 0 Å². The second-order valence-corrected chi connectivity index (χ2v) is 4.16. The van der Waals surface area contributed by atoms with Crippen molar-refractivity contribution in [3.05, 3.63) is 47.0 Å². The summed E-state index contributed by atoms with van der Waals surface area (Å²) in [5.74, 6) is -3.59. The van der Waals surface area contributed by atoms with Gasteiger partial charge in [-0.1, -0.05) is 6.58 Å². The van der Waals surface area contributed by atoms with Crippen LogP contribution in [0, 0.1) is 0 Å². The average molecular weight is 290 g/mol. The first kappa shape index (κ1) is 14.4. The molecule has 1 heterocycles. The van der Waals surface area contributed by atoms with Crippen molar-refractivity contribution >= 4 is 23.9 Å². The molecule has 0 saturated carbocycles. The molecule has 0 aliphatic carbocycles. The van der Waals surface area contributed by atoms with Gasteiger partial charge in [0.25, 0.3) is 0 Å². The zero-order chi connectivity index (χ0) is 15.6. The number of esters is 3. The third kappa shape index (κ3) is 2.81. The van der Waals surface area contributed by atoms with Crippen LogP contribution in [0.1, 0.15) is 36.6 Å². The Bertz CT molecular complexity index is 672. The molecule has 0 bridgehead atoms. The van der Waals surface area contributed by atoms with Crippen LogP contribution in [0.25, 0.3) is 0 Å². The summed E-state index contributed by atoms with van der Waals surface area (Å²) in [4.78, 5) is 45.0. The predicted octanol–water partition coefficient (Wildman–Crippen LogP) is 0.967. The van der Waals surface area contributed by atoms with Gasteiger partial charge >= 0.3 is 23.9 Å². The van der Waals surface area contributed by atoms with E-state index in [1.807, 2.05) is 0 Å². The molecule has 0 amide bonds. The van der Waals surface area contributed by atoms with Gasteiger partial charge in [0.15, 0.2) is 0 Å². The number of hydrogen-bond donors (Lipinski definition) is 1. The van der Waals surface area contributed by atoms with E-state index in [1.54, 1.807) is 0 Å². The van der Waals surface area contributed by atoms with Crippen LogP contribution in [-0.4, -0.2) is 35.6 Å². The summed E-state index contributed by atoms with van der Waals surface area (Å²) in [6, 6.07) is 2.36. The predicted molar refractivity (Wildman–Crippen MR) is 68.0 cm³/mol. The van der Waals surface area contributed by atoms with Gasteiger partial charge in [-0.2, -0.15) is 0 Å². The largest absolute Gasteiger partial charge is 0.478 e. The number of fused-ring (bicyclic) bond motifs is 1. The maximum absolute atomic E-state index is 11.4. The Morgan fingerprint density at radius 1 is 1.24 bits per heavy atom. The number of aromatic carboxylic acids is 1. The number of hydrogen-bond acceptors (Lipinski definition) is 6. The molecule has 2 rings (SSSR count). The molecule has 0 unspecified atom stereocenters. The van der Waals surface area contributed by atoms with E-state index in [0.717, 1.165) is 12.1 Å². The molecule has 1 aliphatic heterocycles. The lowest BCUT2D eigenvalue weighted by molar-refractivity contribution is -0.137. The van der Waals surface area contributed by atoms with E-state index >= 15 is 0 Å². The van der Waals surface area contributed by atoms with Gasteiger partial charge in [0, 0.05) is 12.5 Å². The van der Waals surface area contributed by atoms with Crippen LogP contribution in [0.3, 0.4) is 0 Å². The van der Waals surface area contributed by atoms with E-state index < -0.39 is 23.9 Å². The molecule has 1 aromatic carbocycles. The van der Waals surface area contributed by atoms with Crippen molar-refractivity contribution in [1.29, 1.82) is 0 Å². The Labute approximate surface area is 118 Å². The molecule has 1 aromatic rings. The maximum atomic E-state index is 11.4. The minimum absolute atomic E-state index is 0.00930. The van der Waals surface area contributed by atoms with Gasteiger partial charge in [-0.05, 0) is 17.7 Å². The highest BCUT2D eigenvalue weighted by molar-refractivity contribution is 6.15. The van der Waals surface area contributed by atoms with Gasteiger partial charge in [0.1, 0.15) is 0 Å². The summed E-state index contributed by atoms with van der Waals surface area (Å²) in [5, 5.41) is 9.14. The third-order valence-corrected chi connectivity index (χ3v) is 2.88. The number of rotatable bonds is 5. The zero-order valence-corrected chi connectivity index (χ0v) is 10.8. The third-order valence-electron chi connectivity index (χ3n) is 2.88. The van der Waals surface area contributed by atoms with Crippen molar-refractivity contribution < 1.29 is 33.8 Å². The molecular formula is C14H10O7. The van der Waals surface area contributed by atoms with E-state index in [1.165, 1.54) is 6.07 Å². The second-order valence-electron chi connectivity index (χ2n) is 4.16. The number of carbonyl (C=O) groups excluding carboxylic acids is 3. The van der Waals surface area contributed by atoms with Gasteiger partial charge in [-0.15, -0.1) is 0 Å². The molecule has 0 atom stereocenters. The first-order valence-electron chi connectivity index (χ1n) is 5.90. The molecule has 21 heavy (non-hydrogen) atoms. The number of cyclic esters (lactones) is 2. The van der Waals surface area contributed by atoms with Gasteiger partial charge < -0.3 is 14.6 Å². The second kappa shape index (κ2) is 5.58. The molecule has 0 fully saturated rings. The van der Waals surface area contributed by atoms with Crippen LogP contribution in [0.15, 0.2) is 24.8 Å². The normalized spacial score (nSPS) is 12.6. The highest BCUT2D eigenvalue weighted by Crippen LogP contribution is 2.25. The Morgan fingerprint density at radius 2 is 1.86 bits per heavy atom. The quantitative estimate of drug-likeness (QED) is 0.489. The van der Waals surface area contributed by atoms with Crippen molar-refractivity contribution in [3.8, 4) is 0 Å². The van der Waals surface area contributed by atoms with Crippen LogP contribution >= 0.6 is 0 Å². The molecule has 108 valence electrons. The Morgan fingerprint density at radius 3 is 2.43 bits per heavy atom. The van der Waals surface area contributed by atoms with E-state index in [9.17, 15) is 19.2 Å². The number of benzene rings is 1. The van der Waals surface area contributed by atoms with Crippen molar-refractivity contribution in [2.45, 2.75) is 6.42 Å². The lowest BCUT2D eigenvalue weighted by Crippen LogP contribution is -2.10. The molecule has 0 radical (unpaired) electrons. The van der Waals surface area contributed by atoms with Crippen LogP contribution in [0.2, 0.25) is 0 Å². The minimum atomic E-state index is -1.25. The Kier molecular flexibility index (Phi) is 3.84. The minimum Gasteiger partial charge on any atom is -0.478 e. The average Bonchev–Trinajstić information content (AvgIpc) is 2.72. The van der Waals surface area contributed by atoms with Crippen molar-refractivity contribution in [2.24, 2.45) is 0 Å². The van der Waals surface area contributed by atoms with E-state index in [4.69, 9.17) is 9.84 Å². The molecule has 1 aliphatic rings. The molecule has 1 N–H and O–H groups in total. The molecule has 0 saturated heterocycles. The first-order valence-corrected chi connectivity index (χ1v) is 5.90. The number of ether oxygens (including phenoxy) is 2. The van der Waals surface area contributed by atoms with Crippen molar-refractivity contribution in [3.63, 3.8) is 0 Å². The molecule has 0 spiro atoms. The summed E-state index contributed by atoms with van der Waals surface area (Å²) < 4.78 is 9.18. The number of carboxylic acids is 1. The maximum Gasteiger partial charge on any atom is 0.346 e. The summed E-state index contributed by atoms with van der Waals surface area (Å²) in [6.07, 6.45) is 1.06. The van der Waals surface area contributed by atoms with Gasteiger partial charge in [0.05, 0.1) is 23.3 Å². The summed E-state index contributed by atoms with van der Waals surface area (Å²) >= 11 is 0. The van der Waals surface area contributed by atoms with Crippen LogP contribution in [0.5, 0.6) is 0 Å². The fraction of sp³-hybridized carbons (Fsp3) is 0.143. The Hall–Kier alpha value is -2.96. The molecule has 0 aromatic heterocycles. The van der Waals surface area contributed by atoms with Gasteiger partial charge in [0.2, 0.25) is 0 Å². The standard InChI is InChI=1S/C14H10O7/c1-2-11(15)20-4-3-7-5-9-10(6-8(7)12(16)17)14(19)21-13(9)18/h2,5-6H,1,3-4H2,(H,16,17). The number of carboxylic acid groups (broad SMARTS) is 1. The summed E-state index contributed by atoms with van der Waals surface area (Å²) in [5.41, 5.74) is 0.0547. The fourth-order valence-corrected chi connectivity index (χ4v) is 1.90. The topological polar surface area (TPSA) is 107 Å². The van der Waals surface area contributed by atoms with Crippen LogP contribution in [-0.2, 0) is 20.7 Å². The van der Waals surface area contributed by atoms with Gasteiger partial charge in [-0.3, -0.25) is 0 Å². The monoisotopic (exact) mass is 290 g/mol. The van der Waals surface area contributed by atoms with Crippen LogP contribution < -0.4 is 0 Å². The SMILES string of the molecule is C=CC(=O)OCCc1cc2c(cc1C(=O)O)C(=O)OC2=O.